The van der Waals surface area contributed by atoms with Crippen LogP contribution in [0.4, 0.5) is 8.78 Å². The van der Waals surface area contributed by atoms with Crippen molar-refractivity contribution in [1.29, 1.82) is 0 Å². The summed E-state index contributed by atoms with van der Waals surface area (Å²) in [7, 11) is 1.50. The largest absolute Gasteiger partial charge is 0.356 e. The number of benzene rings is 1. The minimum Gasteiger partial charge on any atom is -0.356 e. The molecule has 6 nitrogen and oxygen atoms in total. The number of methoxy groups -OCH3 is 1. The van der Waals surface area contributed by atoms with E-state index >= 15 is 0 Å². The van der Waals surface area contributed by atoms with E-state index in [2.05, 4.69) is 15.6 Å². The SMILES string of the molecule is CO[C]1NC=Cc2[nH]c(=O)c(CC(=O)N[C@@H](C)c3ccc(F)cc3F)c(C)c21.[HH].[HH]. The number of carbonyl (C=O) groups is 1. The molecule has 1 aromatic heterocycles. The summed E-state index contributed by atoms with van der Waals surface area (Å²) in [5, 5.41) is 5.59. The van der Waals surface area contributed by atoms with Gasteiger partial charge in [0.1, 0.15) is 11.6 Å². The molecule has 0 aliphatic carbocycles. The number of pyridine rings is 1. The van der Waals surface area contributed by atoms with E-state index in [1.807, 2.05) is 0 Å². The monoisotopic (exact) mass is 392 g/mol. The molecular formula is C20H24F2N3O3. The molecule has 0 saturated carbocycles. The Balaban J connectivity index is 0.00000225. The maximum atomic E-state index is 13.9. The van der Waals surface area contributed by atoms with Crippen molar-refractivity contribution in [2.24, 2.45) is 0 Å². The Morgan fingerprint density at radius 1 is 1.36 bits per heavy atom. The number of ether oxygens (including phenoxy) is 1. The van der Waals surface area contributed by atoms with E-state index in [9.17, 15) is 18.4 Å². The predicted octanol–water partition coefficient (Wildman–Crippen LogP) is 2.93. The van der Waals surface area contributed by atoms with Crippen molar-refractivity contribution in [2.75, 3.05) is 7.11 Å². The lowest BCUT2D eigenvalue weighted by Crippen LogP contribution is -2.33. The number of amides is 1. The first-order valence-electron chi connectivity index (χ1n) is 8.66. The van der Waals surface area contributed by atoms with E-state index < -0.39 is 23.6 Å². The highest BCUT2D eigenvalue weighted by molar-refractivity contribution is 5.79. The molecule has 0 unspecified atom stereocenters. The van der Waals surface area contributed by atoms with Crippen LogP contribution in [0.2, 0.25) is 0 Å². The Morgan fingerprint density at radius 3 is 2.79 bits per heavy atom. The first-order valence-corrected chi connectivity index (χ1v) is 8.66. The van der Waals surface area contributed by atoms with Gasteiger partial charge >= 0.3 is 0 Å². The van der Waals surface area contributed by atoms with E-state index in [4.69, 9.17) is 4.74 Å². The molecule has 1 aliphatic heterocycles. The average Bonchev–Trinajstić information content (AvgIpc) is 2.64. The van der Waals surface area contributed by atoms with E-state index in [0.29, 0.717) is 23.0 Å². The molecule has 0 fully saturated rings. The topological polar surface area (TPSA) is 83.2 Å². The Morgan fingerprint density at radius 2 is 2.11 bits per heavy atom. The van der Waals surface area contributed by atoms with E-state index in [-0.39, 0.29) is 26.0 Å². The molecule has 1 radical (unpaired) electrons. The second-order valence-corrected chi connectivity index (χ2v) is 6.49. The summed E-state index contributed by atoms with van der Waals surface area (Å²) in [5.41, 5.74) is 1.94. The molecule has 2 aromatic rings. The van der Waals surface area contributed by atoms with Crippen LogP contribution in [0, 0.1) is 24.8 Å². The molecule has 1 atom stereocenters. The smallest absolute Gasteiger partial charge is 0.252 e. The quantitative estimate of drug-likeness (QED) is 0.731. The van der Waals surface area contributed by atoms with Gasteiger partial charge in [0, 0.05) is 38.9 Å². The molecule has 0 spiro atoms. The fraction of sp³-hybridized carbons (Fsp3) is 0.250. The minimum atomic E-state index is -0.743. The van der Waals surface area contributed by atoms with Crippen LogP contribution >= 0.6 is 0 Å². The maximum Gasteiger partial charge on any atom is 0.252 e. The number of hydrogen-bond acceptors (Lipinski definition) is 4. The molecule has 1 amide bonds. The molecular weight excluding hydrogens is 368 g/mol. The highest BCUT2D eigenvalue weighted by Gasteiger charge is 2.25. The van der Waals surface area contributed by atoms with Crippen LogP contribution in [0.1, 0.15) is 43.8 Å². The highest BCUT2D eigenvalue weighted by Crippen LogP contribution is 2.26. The Kier molecular flexibility index (Phi) is 5.60. The van der Waals surface area contributed by atoms with Gasteiger partial charge < -0.3 is 20.4 Å². The fourth-order valence-electron chi connectivity index (χ4n) is 3.23. The van der Waals surface area contributed by atoms with Crippen molar-refractivity contribution in [2.45, 2.75) is 26.3 Å². The van der Waals surface area contributed by atoms with Gasteiger partial charge in [-0.3, -0.25) is 9.59 Å². The van der Waals surface area contributed by atoms with E-state index in [1.165, 1.54) is 13.2 Å². The van der Waals surface area contributed by atoms with Crippen molar-refractivity contribution in [1.82, 2.24) is 15.6 Å². The molecule has 28 heavy (non-hydrogen) atoms. The Hall–Kier alpha value is -3.00. The van der Waals surface area contributed by atoms with Crippen molar-refractivity contribution >= 4 is 12.0 Å². The maximum absolute atomic E-state index is 13.9. The summed E-state index contributed by atoms with van der Waals surface area (Å²) in [4.78, 5) is 27.7. The molecule has 1 aromatic carbocycles. The third-order valence-corrected chi connectivity index (χ3v) is 4.66. The normalized spacial score (nSPS) is 14.3. The number of nitrogens with one attached hydrogen (secondary N) is 3. The van der Waals surface area contributed by atoms with Gasteiger partial charge in [-0.2, -0.15) is 0 Å². The molecule has 1 aliphatic rings. The number of H-pyrrole nitrogens is 1. The average molecular weight is 392 g/mol. The number of hydrogen-bond donors (Lipinski definition) is 3. The second-order valence-electron chi connectivity index (χ2n) is 6.49. The molecule has 151 valence electrons. The summed E-state index contributed by atoms with van der Waals surface area (Å²) in [5.74, 6) is -1.89. The van der Waals surface area contributed by atoms with Gasteiger partial charge in [-0.05, 0) is 31.6 Å². The van der Waals surface area contributed by atoms with Gasteiger partial charge in [0.25, 0.3) is 5.56 Å². The summed E-state index contributed by atoms with van der Waals surface area (Å²) < 4.78 is 32.3. The zero-order chi connectivity index (χ0) is 20.4. The molecule has 8 heteroatoms. The van der Waals surface area contributed by atoms with Crippen LogP contribution in [0.25, 0.3) is 6.08 Å². The van der Waals surface area contributed by atoms with Gasteiger partial charge in [-0.25, -0.2) is 8.78 Å². The van der Waals surface area contributed by atoms with Gasteiger partial charge in [0.15, 0.2) is 0 Å². The molecule has 0 bridgehead atoms. The zero-order valence-corrected chi connectivity index (χ0v) is 15.7. The predicted molar refractivity (Wildman–Crippen MR) is 104 cm³/mol. The third-order valence-electron chi connectivity index (χ3n) is 4.66. The van der Waals surface area contributed by atoms with Crippen LogP contribution in [0.15, 0.2) is 29.2 Å². The van der Waals surface area contributed by atoms with Gasteiger partial charge in [-0.1, -0.05) is 6.07 Å². The lowest BCUT2D eigenvalue weighted by molar-refractivity contribution is -0.121. The number of fused-ring (bicyclic) bond motifs is 1. The van der Waals surface area contributed by atoms with Crippen molar-refractivity contribution in [3.05, 3.63) is 80.6 Å². The number of carbonyl (C=O) groups excluding carboxylic acids is 1. The van der Waals surface area contributed by atoms with Crippen molar-refractivity contribution in [3.63, 3.8) is 0 Å². The van der Waals surface area contributed by atoms with Crippen LogP contribution in [0.5, 0.6) is 0 Å². The van der Waals surface area contributed by atoms with Gasteiger partial charge in [-0.15, -0.1) is 0 Å². The Bertz CT molecular complexity index is 1010. The minimum absolute atomic E-state index is 0. The van der Waals surface area contributed by atoms with Gasteiger partial charge in [0.2, 0.25) is 12.1 Å². The third kappa shape index (κ3) is 3.82. The highest BCUT2D eigenvalue weighted by atomic mass is 19.1. The number of rotatable bonds is 5. The summed E-state index contributed by atoms with van der Waals surface area (Å²) >= 11 is 0. The Labute approximate surface area is 163 Å². The summed E-state index contributed by atoms with van der Waals surface area (Å²) in [6.07, 6.45) is 3.62. The number of aromatic amines is 1. The van der Waals surface area contributed by atoms with Crippen LogP contribution < -0.4 is 16.2 Å². The number of halogens is 2. The van der Waals surface area contributed by atoms with Crippen LogP contribution in [-0.2, 0) is 16.0 Å². The molecule has 0 saturated heterocycles. The second kappa shape index (κ2) is 7.93. The summed E-state index contributed by atoms with van der Waals surface area (Å²) in [6, 6.07) is 2.49. The van der Waals surface area contributed by atoms with Gasteiger partial charge in [0.05, 0.1) is 18.2 Å². The molecule has 2 heterocycles. The zero-order valence-electron chi connectivity index (χ0n) is 15.7. The lowest BCUT2D eigenvalue weighted by Gasteiger charge is -2.23. The standard InChI is InChI=1S/C20H20F2N3O3.2H2/c1-10-14(19(27)25-16-6-7-23-20(28-3)18(10)16)9-17(26)24-11(2)13-5-4-12(21)8-15(13)22;;/h4-8,11,23H,9H2,1-3H3,(H,24,26)(H,25,27);2*1H/t11-;;/m0../s1. The molecule has 3 N–H and O–H groups in total. The first-order chi connectivity index (χ1) is 13.3. The number of aromatic nitrogens is 1. The lowest BCUT2D eigenvalue weighted by atomic mass is 9.97. The van der Waals surface area contributed by atoms with E-state index in [1.54, 1.807) is 26.1 Å². The van der Waals surface area contributed by atoms with Crippen molar-refractivity contribution in [3.8, 4) is 0 Å². The molecule has 3 rings (SSSR count). The van der Waals surface area contributed by atoms with Crippen LogP contribution in [0.3, 0.4) is 0 Å². The van der Waals surface area contributed by atoms with Crippen molar-refractivity contribution < 1.29 is 21.2 Å². The fourth-order valence-corrected chi connectivity index (χ4v) is 3.23. The first kappa shape index (κ1) is 19.8. The summed E-state index contributed by atoms with van der Waals surface area (Å²) in [6.45, 7) is 3.32. The van der Waals surface area contributed by atoms with E-state index in [0.717, 1.165) is 12.1 Å². The van der Waals surface area contributed by atoms with Crippen LogP contribution in [-0.4, -0.2) is 18.0 Å².